The molecule has 1 aliphatic carbocycles. The maximum Gasteiger partial charge on any atom is 0.321 e. The van der Waals surface area contributed by atoms with E-state index in [2.05, 4.69) is 16.0 Å². The van der Waals surface area contributed by atoms with Crippen LogP contribution in [0, 0.1) is 5.92 Å². The van der Waals surface area contributed by atoms with Crippen LogP contribution in [0.5, 0.6) is 0 Å². The summed E-state index contributed by atoms with van der Waals surface area (Å²) in [5, 5.41) is 8.43. The summed E-state index contributed by atoms with van der Waals surface area (Å²) >= 11 is 1.60. The summed E-state index contributed by atoms with van der Waals surface area (Å²) in [7, 11) is 0. The molecule has 2 rings (SSSR count). The van der Waals surface area contributed by atoms with Gasteiger partial charge in [-0.25, -0.2) is 4.79 Å². The van der Waals surface area contributed by atoms with Crippen molar-refractivity contribution in [2.24, 2.45) is 5.92 Å². The van der Waals surface area contributed by atoms with Gasteiger partial charge in [-0.1, -0.05) is 12.8 Å². The van der Waals surface area contributed by atoms with E-state index in [0.29, 0.717) is 11.7 Å². The molecule has 1 saturated heterocycles. The number of urea groups is 1. The lowest BCUT2D eigenvalue weighted by atomic mass is 10.1. The molecule has 1 aliphatic heterocycles. The molecule has 3 amide bonds. The number of amides is 3. The Balaban J connectivity index is 1.53. The quantitative estimate of drug-likeness (QED) is 0.689. The van der Waals surface area contributed by atoms with E-state index in [1.54, 1.807) is 11.8 Å². The number of carbonyl (C=O) groups is 2. The number of nitrogens with one attached hydrogen (secondary N) is 3. The van der Waals surface area contributed by atoms with Crippen molar-refractivity contribution in [3.63, 3.8) is 0 Å². The Bertz CT molecular complexity index is 302. The number of hydrogen-bond donors (Lipinski definition) is 3. The highest BCUT2D eigenvalue weighted by atomic mass is 32.2. The van der Waals surface area contributed by atoms with E-state index in [9.17, 15) is 9.59 Å². The first kappa shape index (κ1) is 13.7. The largest absolute Gasteiger partial charge is 0.335 e. The first-order valence-electron chi connectivity index (χ1n) is 6.63. The van der Waals surface area contributed by atoms with Crippen molar-refractivity contribution in [1.29, 1.82) is 0 Å². The molecule has 0 aromatic heterocycles. The molecule has 0 unspecified atom stereocenters. The van der Waals surface area contributed by atoms with E-state index < -0.39 is 0 Å². The maximum atomic E-state index is 11.5. The minimum Gasteiger partial charge on any atom is -0.335 e. The van der Waals surface area contributed by atoms with E-state index in [1.807, 2.05) is 0 Å². The Morgan fingerprint density at radius 2 is 1.94 bits per heavy atom. The highest BCUT2D eigenvalue weighted by Gasteiger charge is 2.19. The number of carbonyl (C=O) groups excluding carboxylic acids is 2. The second-order valence-electron chi connectivity index (χ2n) is 5.04. The maximum absolute atomic E-state index is 11.5. The predicted molar refractivity (Wildman–Crippen MR) is 72.6 cm³/mol. The molecule has 0 aromatic rings. The molecule has 102 valence electrons. The Morgan fingerprint density at radius 1 is 1.22 bits per heavy atom. The molecule has 0 atom stereocenters. The number of rotatable bonds is 5. The fourth-order valence-corrected chi connectivity index (χ4v) is 3.18. The van der Waals surface area contributed by atoms with Crippen LogP contribution >= 0.6 is 11.8 Å². The van der Waals surface area contributed by atoms with Crippen molar-refractivity contribution in [2.75, 3.05) is 24.6 Å². The van der Waals surface area contributed by atoms with E-state index >= 15 is 0 Å². The average Bonchev–Trinajstić information content (AvgIpc) is 2.74. The minimum absolute atomic E-state index is 0.192. The van der Waals surface area contributed by atoms with Crippen molar-refractivity contribution in [3.8, 4) is 0 Å². The van der Waals surface area contributed by atoms with Gasteiger partial charge in [0.2, 0.25) is 5.91 Å². The van der Waals surface area contributed by atoms with Gasteiger partial charge < -0.3 is 10.6 Å². The first-order valence-corrected chi connectivity index (χ1v) is 7.78. The van der Waals surface area contributed by atoms with E-state index in [0.717, 1.165) is 31.7 Å². The molecule has 2 fully saturated rings. The molecule has 1 heterocycles. The van der Waals surface area contributed by atoms with Crippen LogP contribution < -0.4 is 16.0 Å². The second-order valence-corrected chi connectivity index (χ2v) is 6.07. The zero-order valence-electron chi connectivity index (χ0n) is 10.5. The van der Waals surface area contributed by atoms with Gasteiger partial charge >= 0.3 is 6.03 Å². The minimum atomic E-state index is -0.335. The zero-order valence-corrected chi connectivity index (χ0v) is 11.4. The highest BCUT2D eigenvalue weighted by molar-refractivity contribution is 7.99. The lowest BCUT2D eigenvalue weighted by molar-refractivity contribution is -0.117. The molecular weight excluding hydrogens is 250 g/mol. The SMILES string of the molecule is O=C(CSCC1CNC1)NC(=O)NC1CCCC1. The Hall–Kier alpha value is -0.750. The van der Waals surface area contributed by atoms with Crippen LogP contribution in [0.25, 0.3) is 0 Å². The monoisotopic (exact) mass is 271 g/mol. The van der Waals surface area contributed by atoms with Crippen LogP contribution in [0.3, 0.4) is 0 Å². The van der Waals surface area contributed by atoms with Gasteiger partial charge in [-0.05, 0) is 37.6 Å². The number of thioether (sulfide) groups is 1. The van der Waals surface area contributed by atoms with Crippen LogP contribution in [0.1, 0.15) is 25.7 Å². The molecule has 3 N–H and O–H groups in total. The summed E-state index contributed by atoms with van der Waals surface area (Å²) in [6.07, 6.45) is 4.41. The van der Waals surface area contributed by atoms with Crippen LogP contribution in [-0.2, 0) is 4.79 Å². The summed E-state index contributed by atoms with van der Waals surface area (Å²) in [6.45, 7) is 2.10. The van der Waals surface area contributed by atoms with Gasteiger partial charge in [-0.3, -0.25) is 10.1 Å². The standard InChI is InChI=1S/C12H21N3O2S/c16-11(8-18-7-9-5-13-6-9)15-12(17)14-10-3-1-2-4-10/h9-10,13H,1-8H2,(H2,14,15,16,17). The molecule has 1 saturated carbocycles. The Morgan fingerprint density at radius 3 is 2.56 bits per heavy atom. The summed E-state index contributed by atoms with van der Waals surface area (Å²) in [5.74, 6) is 1.86. The Labute approximate surface area is 112 Å². The van der Waals surface area contributed by atoms with Gasteiger partial charge in [-0.2, -0.15) is 11.8 Å². The van der Waals surface area contributed by atoms with Crippen molar-refractivity contribution >= 4 is 23.7 Å². The van der Waals surface area contributed by atoms with Gasteiger partial charge in [-0.15, -0.1) is 0 Å². The zero-order chi connectivity index (χ0) is 12.8. The predicted octanol–water partition coefficient (Wildman–Crippen LogP) is 0.707. The normalized spacial score (nSPS) is 20.4. The molecule has 0 bridgehead atoms. The molecule has 0 spiro atoms. The average molecular weight is 271 g/mol. The summed E-state index contributed by atoms with van der Waals surface area (Å²) in [6, 6.07) is -0.0793. The van der Waals surface area contributed by atoms with E-state index in [4.69, 9.17) is 0 Å². The second kappa shape index (κ2) is 6.99. The molecule has 5 nitrogen and oxygen atoms in total. The van der Waals surface area contributed by atoms with E-state index in [1.165, 1.54) is 12.8 Å². The van der Waals surface area contributed by atoms with Gasteiger partial charge in [0.05, 0.1) is 5.75 Å². The molecule has 6 heteroatoms. The third-order valence-electron chi connectivity index (χ3n) is 3.40. The smallest absolute Gasteiger partial charge is 0.321 e. The van der Waals surface area contributed by atoms with Crippen LogP contribution in [-0.4, -0.2) is 42.6 Å². The third kappa shape index (κ3) is 4.49. The van der Waals surface area contributed by atoms with Crippen LogP contribution in [0.2, 0.25) is 0 Å². The molecule has 0 radical (unpaired) electrons. The molecule has 18 heavy (non-hydrogen) atoms. The van der Waals surface area contributed by atoms with Gasteiger partial charge in [0.15, 0.2) is 0 Å². The highest BCUT2D eigenvalue weighted by Crippen LogP contribution is 2.17. The van der Waals surface area contributed by atoms with Gasteiger partial charge in [0.25, 0.3) is 0 Å². The summed E-state index contributed by atoms with van der Waals surface area (Å²) in [4.78, 5) is 23.0. The Kier molecular flexibility index (Phi) is 5.31. The molecule has 0 aromatic carbocycles. The lowest BCUT2D eigenvalue weighted by Gasteiger charge is -2.26. The lowest BCUT2D eigenvalue weighted by Crippen LogP contribution is -2.45. The van der Waals surface area contributed by atoms with Crippen molar-refractivity contribution in [2.45, 2.75) is 31.7 Å². The van der Waals surface area contributed by atoms with E-state index in [-0.39, 0.29) is 18.0 Å². The molecular formula is C12H21N3O2S. The molecule has 2 aliphatic rings. The summed E-state index contributed by atoms with van der Waals surface area (Å²) < 4.78 is 0. The third-order valence-corrected chi connectivity index (χ3v) is 4.57. The number of hydrogen-bond acceptors (Lipinski definition) is 4. The fraction of sp³-hybridized carbons (Fsp3) is 0.833. The number of imide groups is 1. The van der Waals surface area contributed by atoms with Gasteiger partial charge in [0.1, 0.15) is 0 Å². The van der Waals surface area contributed by atoms with Crippen molar-refractivity contribution < 1.29 is 9.59 Å². The topological polar surface area (TPSA) is 70.2 Å². The first-order chi connectivity index (χ1) is 8.74. The fourth-order valence-electron chi connectivity index (χ4n) is 2.24. The van der Waals surface area contributed by atoms with Crippen molar-refractivity contribution in [1.82, 2.24) is 16.0 Å². The van der Waals surface area contributed by atoms with Crippen LogP contribution in [0.15, 0.2) is 0 Å². The van der Waals surface area contributed by atoms with Crippen LogP contribution in [0.4, 0.5) is 4.79 Å². The van der Waals surface area contributed by atoms with Gasteiger partial charge in [0, 0.05) is 6.04 Å². The summed E-state index contributed by atoms with van der Waals surface area (Å²) in [5.41, 5.74) is 0. The van der Waals surface area contributed by atoms with Crippen molar-refractivity contribution in [3.05, 3.63) is 0 Å².